The van der Waals surface area contributed by atoms with Crippen LogP contribution in [0.4, 0.5) is 0 Å². The van der Waals surface area contributed by atoms with Crippen LogP contribution in [0.1, 0.15) is 37.0 Å². The van der Waals surface area contributed by atoms with Crippen LogP contribution in [0, 0.1) is 12.8 Å². The Morgan fingerprint density at radius 1 is 1.19 bits per heavy atom. The number of thioether (sulfide) groups is 1. The lowest BCUT2D eigenvalue weighted by Gasteiger charge is -2.24. The summed E-state index contributed by atoms with van der Waals surface area (Å²) in [7, 11) is 0. The fourth-order valence-electron chi connectivity index (χ4n) is 3.23. The highest BCUT2D eigenvalue weighted by atomic mass is 32.2. The van der Waals surface area contributed by atoms with E-state index in [2.05, 4.69) is 0 Å². The van der Waals surface area contributed by atoms with Gasteiger partial charge in [0.1, 0.15) is 22.7 Å². The zero-order chi connectivity index (χ0) is 22.5. The Morgan fingerprint density at radius 3 is 2.52 bits per heavy atom. The molecule has 1 aliphatic heterocycles. The number of carbonyl (C=O) groups excluding carboxylic acids is 1. The van der Waals surface area contributed by atoms with E-state index in [1.165, 1.54) is 10.5 Å². The minimum Gasteiger partial charge on any atom is -0.488 e. The van der Waals surface area contributed by atoms with E-state index >= 15 is 0 Å². The Labute approximate surface area is 192 Å². The molecule has 31 heavy (non-hydrogen) atoms. The molecule has 1 saturated heterocycles. The number of carboxylic acid groups (broad SMARTS) is 1. The molecule has 0 aromatic heterocycles. The van der Waals surface area contributed by atoms with E-state index in [0.717, 1.165) is 22.9 Å². The number of hydrogen-bond donors (Lipinski definition) is 1. The van der Waals surface area contributed by atoms with E-state index in [9.17, 15) is 14.7 Å². The lowest BCUT2D eigenvalue weighted by molar-refractivity contribution is -0.145. The molecule has 162 valence electrons. The first kappa shape index (κ1) is 23.0. The van der Waals surface area contributed by atoms with Gasteiger partial charge in [-0.3, -0.25) is 9.69 Å². The molecule has 3 rings (SSSR count). The second kappa shape index (κ2) is 10.1. The summed E-state index contributed by atoms with van der Waals surface area (Å²) in [6.07, 6.45) is 2.06. The monoisotopic (exact) mass is 455 g/mol. The van der Waals surface area contributed by atoms with Crippen LogP contribution in [0.5, 0.6) is 5.75 Å². The smallest absolute Gasteiger partial charge is 0.326 e. The summed E-state index contributed by atoms with van der Waals surface area (Å²) in [5.74, 6) is -0.666. The maximum atomic E-state index is 13.0. The van der Waals surface area contributed by atoms with Gasteiger partial charge in [0.05, 0.1) is 4.91 Å². The van der Waals surface area contributed by atoms with E-state index in [1.807, 2.05) is 69.3 Å². The fourth-order valence-corrected chi connectivity index (χ4v) is 4.58. The van der Waals surface area contributed by atoms with Gasteiger partial charge >= 0.3 is 5.97 Å². The average molecular weight is 456 g/mol. The number of nitrogens with zero attached hydrogens (tertiary/aromatic N) is 1. The second-order valence-corrected chi connectivity index (χ2v) is 9.52. The van der Waals surface area contributed by atoms with Crippen LogP contribution in [-0.4, -0.2) is 32.2 Å². The standard InChI is InChI=1S/C24H25NO4S2/c1-15(2)12-19(23(27)28)25-22(26)21(31-24(25)30)13-18-6-4-5-7-20(18)29-14-17-10-8-16(3)9-11-17/h4-11,13,15,19H,12,14H2,1-3H3,(H,27,28)/b21-13-. The third-order valence-corrected chi connectivity index (χ3v) is 6.17. The van der Waals surface area contributed by atoms with Gasteiger partial charge < -0.3 is 9.84 Å². The van der Waals surface area contributed by atoms with Crippen molar-refractivity contribution in [1.82, 2.24) is 4.90 Å². The van der Waals surface area contributed by atoms with Crippen molar-refractivity contribution in [3.63, 3.8) is 0 Å². The van der Waals surface area contributed by atoms with Gasteiger partial charge in [0.2, 0.25) is 0 Å². The number of para-hydroxylation sites is 1. The van der Waals surface area contributed by atoms with Gasteiger partial charge in [0.15, 0.2) is 0 Å². The van der Waals surface area contributed by atoms with Crippen LogP contribution >= 0.6 is 24.0 Å². The van der Waals surface area contributed by atoms with Crippen molar-refractivity contribution in [2.24, 2.45) is 5.92 Å². The summed E-state index contributed by atoms with van der Waals surface area (Å²) < 4.78 is 6.26. The average Bonchev–Trinajstić information content (AvgIpc) is 2.99. The molecule has 1 N–H and O–H groups in total. The Bertz CT molecular complexity index is 1010. The molecule has 1 heterocycles. The lowest BCUT2D eigenvalue weighted by atomic mass is 10.0. The minimum atomic E-state index is -1.05. The number of aliphatic carboxylic acids is 1. The third-order valence-electron chi connectivity index (χ3n) is 4.84. The summed E-state index contributed by atoms with van der Waals surface area (Å²) >= 11 is 6.47. The van der Waals surface area contributed by atoms with Crippen LogP contribution < -0.4 is 4.74 Å². The first-order chi connectivity index (χ1) is 14.8. The quantitative estimate of drug-likeness (QED) is 0.432. The maximum absolute atomic E-state index is 13.0. The minimum absolute atomic E-state index is 0.116. The molecular formula is C24H25NO4S2. The normalized spacial score (nSPS) is 16.3. The van der Waals surface area contributed by atoms with Gasteiger partial charge in [-0.25, -0.2) is 4.79 Å². The highest BCUT2D eigenvalue weighted by Gasteiger charge is 2.40. The van der Waals surface area contributed by atoms with Crippen LogP contribution in [0.25, 0.3) is 6.08 Å². The third kappa shape index (κ3) is 5.74. The zero-order valence-electron chi connectivity index (χ0n) is 17.7. The molecule has 0 aliphatic carbocycles. The van der Waals surface area contributed by atoms with Gasteiger partial charge in [-0.2, -0.15) is 0 Å². The number of thiocarbonyl (C=S) groups is 1. The van der Waals surface area contributed by atoms with Gasteiger partial charge in [-0.05, 0) is 37.0 Å². The lowest BCUT2D eigenvalue weighted by Crippen LogP contribution is -2.44. The molecular weight excluding hydrogens is 430 g/mol. The van der Waals surface area contributed by atoms with E-state index < -0.39 is 12.0 Å². The molecule has 5 nitrogen and oxygen atoms in total. The van der Waals surface area contributed by atoms with Crippen LogP contribution in [0.3, 0.4) is 0 Å². The van der Waals surface area contributed by atoms with Crippen molar-refractivity contribution in [2.45, 2.75) is 39.8 Å². The van der Waals surface area contributed by atoms with Crippen molar-refractivity contribution in [3.05, 3.63) is 70.1 Å². The molecule has 1 unspecified atom stereocenters. The maximum Gasteiger partial charge on any atom is 0.326 e. The molecule has 2 aromatic rings. The van der Waals surface area contributed by atoms with Gasteiger partial charge in [-0.1, -0.05) is 85.9 Å². The number of benzene rings is 2. The highest BCUT2D eigenvalue weighted by molar-refractivity contribution is 8.26. The molecule has 2 aromatic carbocycles. The van der Waals surface area contributed by atoms with Crippen LogP contribution in [0.2, 0.25) is 0 Å². The summed E-state index contributed by atoms with van der Waals surface area (Å²) in [4.78, 5) is 26.4. The molecule has 1 amide bonds. The van der Waals surface area contributed by atoms with Gasteiger partial charge in [0.25, 0.3) is 5.91 Å². The highest BCUT2D eigenvalue weighted by Crippen LogP contribution is 2.36. The summed E-state index contributed by atoms with van der Waals surface area (Å²) in [6, 6.07) is 14.6. The summed E-state index contributed by atoms with van der Waals surface area (Å²) in [5, 5.41) is 9.63. The van der Waals surface area contributed by atoms with Gasteiger partial charge in [0, 0.05) is 5.56 Å². The largest absolute Gasteiger partial charge is 0.488 e. The Balaban J connectivity index is 1.82. The molecule has 7 heteroatoms. The fraction of sp³-hybridized carbons (Fsp3) is 0.292. The number of aryl methyl sites for hydroxylation is 1. The van der Waals surface area contributed by atoms with Crippen LogP contribution in [-0.2, 0) is 16.2 Å². The number of amides is 1. The van der Waals surface area contributed by atoms with Gasteiger partial charge in [-0.15, -0.1) is 0 Å². The summed E-state index contributed by atoms with van der Waals surface area (Å²) in [6.45, 7) is 6.28. The van der Waals surface area contributed by atoms with E-state index in [-0.39, 0.29) is 16.1 Å². The van der Waals surface area contributed by atoms with Crippen molar-refractivity contribution < 1.29 is 19.4 Å². The van der Waals surface area contributed by atoms with Crippen molar-refractivity contribution in [3.8, 4) is 5.75 Å². The predicted molar refractivity (Wildman–Crippen MR) is 128 cm³/mol. The Kier molecular flexibility index (Phi) is 7.51. The number of hydrogen-bond acceptors (Lipinski definition) is 5. The van der Waals surface area contributed by atoms with E-state index in [0.29, 0.717) is 23.7 Å². The second-order valence-electron chi connectivity index (χ2n) is 7.85. The Hall–Kier alpha value is -2.64. The summed E-state index contributed by atoms with van der Waals surface area (Å²) in [5.41, 5.74) is 2.97. The molecule has 1 fully saturated rings. The molecule has 0 radical (unpaired) electrons. The molecule has 0 saturated carbocycles. The number of rotatable bonds is 8. The van der Waals surface area contributed by atoms with Crippen molar-refractivity contribution >= 4 is 46.3 Å². The molecule has 0 spiro atoms. The van der Waals surface area contributed by atoms with Crippen molar-refractivity contribution in [2.75, 3.05) is 0 Å². The topological polar surface area (TPSA) is 66.8 Å². The molecule has 1 aliphatic rings. The zero-order valence-corrected chi connectivity index (χ0v) is 19.3. The Morgan fingerprint density at radius 2 is 1.87 bits per heavy atom. The SMILES string of the molecule is Cc1ccc(COc2ccccc2/C=C2\SC(=S)N(C(CC(C)C)C(=O)O)C2=O)cc1. The van der Waals surface area contributed by atoms with E-state index in [4.69, 9.17) is 17.0 Å². The molecule has 1 atom stereocenters. The first-order valence-electron chi connectivity index (χ1n) is 10.0. The first-order valence-corrected chi connectivity index (χ1v) is 11.3. The number of ether oxygens (including phenoxy) is 1. The van der Waals surface area contributed by atoms with Crippen molar-refractivity contribution in [1.29, 1.82) is 0 Å². The predicted octanol–water partition coefficient (Wildman–Crippen LogP) is 5.27. The number of carbonyl (C=O) groups is 2. The molecule has 0 bridgehead atoms. The number of carboxylic acids is 1. The van der Waals surface area contributed by atoms with E-state index in [1.54, 1.807) is 6.08 Å². The van der Waals surface area contributed by atoms with Crippen LogP contribution in [0.15, 0.2) is 53.4 Å².